The molecule has 1 heterocycles. The van der Waals surface area contributed by atoms with Gasteiger partial charge >= 0.3 is 6.09 Å². The van der Waals surface area contributed by atoms with E-state index in [0.29, 0.717) is 11.6 Å². The van der Waals surface area contributed by atoms with Crippen LogP contribution in [0.3, 0.4) is 0 Å². The molecule has 1 aromatic heterocycles. The molecule has 1 aliphatic rings. The summed E-state index contributed by atoms with van der Waals surface area (Å²) in [6.45, 7) is 9.21. The van der Waals surface area contributed by atoms with Gasteiger partial charge in [-0.05, 0) is 45.2 Å². The van der Waals surface area contributed by atoms with E-state index in [1.807, 2.05) is 35.6 Å². The molecule has 0 spiro atoms. The monoisotopic (exact) mass is 494 g/mol. The van der Waals surface area contributed by atoms with Crippen LogP contribution in [0.2, 0.25) is 0 Å². The second-order valence-electron chi connectivity index (χ2n) is 8.41. The number of carbonyl (C=O) groups excluding carboxylic acids is 1. The highest BCUT2D eigenvalue weighted by Crippen LogP contribution is 2.39. The van der Waals surface area contributed by atoms with E-state index >= 15 is 0 Å². The van der Waals surface area contributed by atoms with Crippen molar-refractivity contribution >= 4 is 34.1 Å². The number of ether oxygens (including phenoxy) is 1. The van der Waals surface area contributed by atoms with Crippen LogP contribution in [0.5, 0.6) is 0 Å². The normalized spacial score (nSPS) is 15.2. The van der Waals surface area contributed by atoms with Gasteiger partial charge in [-0.15, -0.1) is 11.3 Å². The van der Waals surface area contributed by atoms with Gasteiger partial charge in [0.25, 0.3) is 0 Å². The van der Waals surface area contributed by atoms with E-state index in [1.165, 1.54) is 37.1 Å². The van der Waals surface area contributed by atoms with E-state index in [-0.39, 0.29) is 6.10 Å². The molecule has 33 heavy (non-hydrogen) atoms. The van der Waals surface area contributed by atoms with E-state index < -0.39 is 17.1 Å². The third kappa shape index (κ3) is 8.39. The van der Waals surface area contributed by atoms with Gasteiger partial charge in [-0.3, -0.25) is 0 Å². The lowest BCUT2D eigenvalue weighted by atomic mass is 9.90. The number of carbonyl (C=O) groups is 1. The summed E-state index contributed by atoms with van der Waals surface area (Å²) < 4.78 is 19.6. The molecule has 1 aliphatic carbocycles. The van der Waals surface area contributed by atoms with Gasteiger partial charge in [-0.1, -0.05) is 39.2 Å². The standard InChI is InChI=1S/C20H29N3OS2.C4H9NO2/c1-3-12-23(4-2)26(24)19-13-16(21)10-11-17(19)18-14-22-20(25-18)15-8-6-5-7-9-15;1-3(2)7-4(5)6/h10-11,13-15H,3-9,12,21H2,1-2H3;3H,1-2H3,(H2,5,6). The van der Waals surface area contributed by atoms with Gasteiger partial charge in [0.2, 0.25) is 0 Å². The molecule has 0 bridgehead atoms. The average molecular weight is 495 g/mol. The Bertz CT molecular complexity index is 911. The molecule has 1 saturated carbocycles. The van der Waals surface area contributed by atoms with Crippen molar-refractivity contribution in [1.82, 2.24) is 9.29 Å². The number of benzene rings is 1. The first kappa shape index (κ1) is 27.3. The molecule has 1 atom stereocenters. The minimum atomic E-state index is -1.21. The Morgan fingerprint density at radius 2 is 1.97 bits per heavy atom. The van der Waals surface area contributed by atoms with E-state index in [1.54, 1.807) is 25.2 Å². The number of hydrogen-bond donors (Lipinski definition) is 2. The fourth-order valence-corrected chi connectivity index (χ4v) is 6.47. The Balaban J connectivity index is 0.000000479. The fraction of sp³-hybridized carbons (Fsp3) is 0.583. The molecule has 0 saturated heterocycles. The lowest BCUT2D eigenvalue weighted by Crippen LogP contribution is -2.27. The van der Waals surface area contributed by atoms with Gasteiger partial charge in [-0.25, -0.2) is 18.3 Å². The molecule has 3 rings (SSSR count). The lowest BCUT2D eigenvalue weighted by molar-refractivity contribution is 0.125. The van der Waals surface area contributed by atoms with Gasteiger partial charge < -0.3 is 16.2 Å². The van der Waals surface area contributed by atoms with Crippen LogP contribution in [0, 0.1) is 0 Å². The molecule has 1 unspecified atom stereocenters. The molecule has 4 N–H and O–H groups in total. The maximum atomic E-state index is 13.2. The number of thiazole rings is 1. The Labute approximate surface area is 204 Å². The van der Waals surface area contributed by atoms with Gasteiger partial charge in [0.05, 0.1) is 20.9 Å². The summed E-state index contributed by atoms with van der Waals surface area (Å²) in [6, 6.07) is 5.76. The summed E-state index contributed by atoms with van der Waals surface area (Å²) in [7, 11) is -1.21. The highest BCUT2D eigenvalue weighted by molar-refractivity contribution is 7.82. The SMILES string of the molecule is CC(C)OC(N)=O.CCCN(CC)S(=O)c1cc(N)ccc1-c1cnc(C2CCCCC2)s1. The Kier molecular flexibility index (Phi) is 11.3. The third-order valence-corrected chi connectivity index (χ3v) is 8.17. The van der Waals surface area contributed by atoms with Crippen LogP contribution in [-0.4, -0.2) is 38.8 Å². The second-order valence-corrected chi connectivity index (χ2v) is 10.9. The van der Waals surface area contributed by atoms with Crippen LogP contribution in [0.1, 0.15) is 77.1 Å². The number of rotatable bonds is 8. The van der Waals surface area contributed by atoms with Crippen LogP contribution in [0.15, 0.2) is 29.3 Å². The largest absolute Gasteiger partial charge is 0.447 e. The molecule has 0 aliphatic heterocycles. The van der Waals surface area contributed by atoms with Gasteiger partial charge in [0.1, 0.15) is 11.0 Å². The number of nitrogen functional groups attached to an aromatic ring is 1. The number of aromatic nitrogens is 1. The lowest BCUT2D eigenvalue weighted by Gasteiger charge is -2.20. The van der Waals surface area contributed by atoms with Crippen molar-refractivity contribution in [3.8, 4) is 10.4 Å². The minimum Gasteiger partial charge on any atom is -0.447 e. The summed E-state index contributed by atoms with van der Waals surface area (Å²) in [5.74, 6) is 0.595. The average Bonchev–Trinajstić information content (AvgIpc) is 3.27. The van der Waals surface area contributed by atoms with Crippen LogP contribution in [0.4, 0.5) is 10.5 Å². The molecule has 1 aromatic carbocycles. The molecular weight excluding hydrogens is 456 g/mol. The predicted octanol–water partition coefficient (Wildman–Crippen LogP) is 5.68. The smallest absolute Gasteiger partial charge is 0.404 e. The van der Waals surface area contributed by atoms with Crippen LogP contribution >= 0.6 is 11.3 Å². The second kappa shape index (κ2) is 13.7. The van der Waals surface area contributed by atoms with Crippen molar-refractivity contribution in [3.63, 3.8) is 0 Å². The van der Waals surface area contributed by atoms with Crippen LogP contribution in [-0.2, 0) is 15.7 Å². The zero-order valence-corrected chi connectivity index (χ0v) is 21.8. The Morgan fingerprint density at radius 3 is 2.52 bits per heavy atom. The molecular formula is C24H38N4O3S2. The van der Waals surface area contributed by atoms with Crippen molar-refractivity contribution in [2.75, 3.05) is 18.8 Å². The maximum absolute atomic E-state index is 13.2. The number of primary amides is 1. The zero-order chi connectivity index (χ0) is 24.4. The first-order valence-corrected chi connectivity index (χ1v) is 13.7. The van der Waals surface area contributed by atoms with Crippen LogP contribution in [0.25, 0.3) is 10.4 Å². The van der Waals surface area contributed by atoms with Gasteiger partial charge in [0.15, 0.2) is 0 Å². The number of anilines is 1. The molecule has 2 aromatic rings. The maximum Gasteiger partial charge on any atom is 0.404 e. The van der Waals surface area contributed by atoms with Crippen molar-refractivity contribution in [2.45, 2.75) is 83.1 Å². The Hall–Kier alpha value is -1.97. The third-order valence-electron chi connectivity index (χ3n) is 5.35. The first-order chi connectivity index (χ1) is 15.8. The van der Waals surface area contributed by atoms with Crippen molar-refractivity contribution in [3.05, 3.63) is 29.4 Å². The molecule has 1 amide bonds. The minimum absolute atomic E-state index is 0.0995. The Morgan fingerprint density at radius 1 is 1.27 bits per heavy atom. The number of nitrogens with zero attached hydrogens (tertiary/aromatic N) is 2. The van der Waals surface area contributed by atoms with Crippen molar-refractivity contribution < 1.29 is 13.7 Å². The molecule has 184 valence electrons. The van der Waals surface area contributed by atoms with Crippen molar-refractivity contribution in [1.29, 1.82) is 0 Å². The number of amides is 1. The van der Waals surface area contributed by atoms with Crippen LogP contribution < -0.4 is 11.5 Å². The zero-order valence-electron chi connectivity index (χ0n) is 20.2. The molecule has 9 heteroatoms. The van der Waals surface area contributed by atoms with E-state index in [0.717, 1.165) is 34.8 Å². The summed E-state index contributed by atoms with van der Waals surface area (Å²) in [5, 5.41) is 1.23. The summed E-state index contributed by atoms with van der Waals surface area (Å²) in [5.41, 5.74) is 12.3. The molecule has 7 nitrogen and oxygen atoms in total. The summed E-state index contributed by atoms with van der Waals surface area (Å²) >= 11 is 1.76. The van der Waals surface area contributed by atoms with E-state index in [9.17, 15) is 9.00 Å². The summed E-state index contributed by atoms with van der Waals surface area (Å²) in [6.07, 6.45) is 8.56. The summed E-state index contributed by atoms with van der Waals surface area (Å²) in [4.78, 5) is 16.4. The number of nitrogens with two attached hydrogens (primary N) is 2. The van der Waals surface area contributed by atoms with E-state index in [2.05, 4.69) is 17.4 Å². The first-order valence-electron chi connectivity index (χ1n) is 11.7. The quantitative estimate of drug-likeness (QED) is 0.458. The fourth-order valence-electron chi connectivity index (χ4n) is 3.82. The molecule has 0 radical (unpaired) electrons. The highest BCUT2D eigenvalue weighted by Gasteiger charge is 2.22. The van der Waals surface area contributed by atoms with E-state index in [4.69, 9.17) is 10.7 Å². The van der Waals surface area contributed by atoms with Gasteiger partial charge in [0, 0.05) is 36.5 Å². The highest BCUT2D eigenvalue weighted by atomic mass is 32.2. The number of hydrogen-bond acceptors (Lipinski definition) is 6. The van der Waals surface area contributed by atoms with Crippen molar-refractivity contribution in [2.24, 2.45) is 5.73 Å². The predicted molar refractivity (Wildman–Crippen MR) is 138 cm³/mol. The van der Waals surface area contributed by atoms with Gasteiger partial charge in [-0.2, -0.15) is 0 Å². The topological polar surface area (TPSA) is 112 Å². The molecule has 1 fully saturated rings.